The number of hydrogen-bond donors (Lipinski definition) is 1. The molecule has 3 rings (SSSR count). The Bertz CT molecular complexity index is 1080. The van der Waals surface area contributed by atoms with Gasteiger partial charge in [-0.05, 0) is 48.4 Å². The number of anilines is 1. The second kappa shape index (κ2) is 9.60. The molecule has 3 aromatic rings. The highest BCUT2D eigenvalue weighted by Crippen LogP contribution is 2.23. The Balaban J connectivity index is 1.75. The molecule has 1 heterocycles. The summed E-state index contributed by atoms with van der Waals surface area (Å²) < 4.78 is 33.8. The molecule has 0 bridgehead atoms. The number of benzene rings is 2. The lowest BCUT2D eigenvalue weighted by atomic mass is 10.1. The standard InChI is InChI=1S/C22H16Cl2F2N2O/c1-29-21-9-3-14(13-28-21)2-5-17-19(25)7-8-20(22(17)26)27-11-10-15-12-16(23)4-6-18(15)24/h3-4,6-9,12-13,27H,10-11H2,1H3. The van der Waals surface area contributed by atoms with Gasteiger partial charge in [0.05, 0.1) is 18.4 Å². The fourth-order valence-corrected chi connectivity index (χ4v) is 2.99. The molecule has 0 spiro atoms. The van der Waals surface area contributed by atoms with Crippen LogP contribution in [-0.4, -0.2) is 18.6 Å². The van der Waals surface area contributed by atoms with Crippen molar-refractivity contribution in [2.24, 2.45) is 0 Å². The molecule has 2 aromatic carbocycles. The molecule has 0 fully saturated rings. The van der Waals surface area contributed by atoms with Crippen LogP contribution in [0, 0.1) is 23.5 Å². The van der Waals surface area contributed by atoms with Gasteiger partial charge < -0.3 is 10.1 Å². The minimum Gasteiger partial charge on any atom is -0.481 e. The highest BCUT2D eigenvalue weighted by atomic mass is 35.5. The van der Waals surface area contributed by atoms with E-state index in [9.17, 15) is 8.78 Å². The zero-order chi connectivity index (χ0) is 20.8. The van der Waals surface area contributed by atoms with Gasteiger partial charge in [0.1, 0.15) is 5.82 Å². The summed E-state index contributed by atoms with van der Waals surface area (Å²) in [7, 11) is 1.50. The van der Waals surface area contributed by atoms with Crippen LogP contribution in [0.3, 0.4) is 0 Å². The maximum Gasteiger partial charge on any atom is 0.212 e. The zero-order valence-corrected chi connectivity index (χ0v) is 16.9. The number of halogens is 4. The van der Waals surface area contributed by atoms with Crippen molar-refractivity contribution >= 4 is 28.9 Å². The third-order valence-corrected chi connectivity index (χ3v) is 4.69. The van der Waals surface area contributed by atoms with Crippen LogP contribution in [0.5, 0.6) is 5.88 Å². The molecule has 1 aromatic heterocycles. The lowest BCUT2D eigenvalue weighted by Gasteiger charge is -2.10. The average molecular weight is 433 g/mol. The fourth-order valence-electron chi connectivity index (χ4n) is 2.58. The number of nitrogens with zero attached hydrogens (tertiary/aromatic N) is 1. The number of aromatic nitrogens is 1. The fraction of sp³-hybridized carbons (Fsp3) is 0.136. The largest absolute Gasteiger partial charge is 0.481 e. The molecule has 0 aliphatic carbocycles. The quantitative estimate of drug-likeness (QED) is 0.522. The van der Waals surface area contributed by atoms with Crippen LogP contribution >= 0.6 is 23.2 Å². The van der Waals surface area contributed by atoms with E-state index in [0.717, 1.165) is 5.56 Å². The summed E-state index contributed by atoms with van der Waals surface area (Å²) in [6.45, 7) is 0.387. The van der Waals surface area contributed by atoms with Crippen molar-refractivity contribution < 1.29 is 13.5 Å². The zero-order valence-electron chi connectivity index (χ0n) is 15.4. The van der Waals surface area contributed by atoms with Crippen LogP contribution in [0.2, 0.25) is 10.0 Å². The van der Waals surface area contributed by atoms with Crippen LogP contribution in [0.4, 0.5) is 14.5 Å². The Kier molecular flexibility index (Phi) is 6.92. The van der Waals surface area contributed by atoms with Crippen molar-refractivity contribution in [1.82, 2.24) is 4.98 Å². The molecule has 0 aliphatic heterocycles. The second-order valence-corrected chi connectivity index (χ2v) is 6.88. The number of hydrogen-bond acceptors (Lipinski definition) is 3. The van der Waals surface area contributed by atoms with E-state index < -0.39 is 11.6 Å². The molecule has 0 unspecified atom stereocenters. The van der Waals surface area contributed by atoms with Crippen LogP contribution in [0.15, 0.2) is 48.7 Å². The highest BCUT2D eigenvalue weighted by Gasteiger charge is 2.12. The van der Waals surface area contributed by atoms with Gasteiger partial charge in [-0.15, -0.1) is 0 Å². The number of pyridine rings is 1. The van der Waals surface area contributed by atoms with Crippen LogP contribution in [0.1, 0.15) is 16.7 Å². The summed E-state index contributed by atoms with van der Waals surface area (Å²) >= 11 is 12.1. The Morgan fingerprint density at radius 1 is 1.07 bits per heavy atom. The molecule has 29 heavy (non-hydrogen) atoms. The summed E-state index contributed by atoms with van der Waals surface area (Å²) in [5, 5.41) is 4.10. The third-order valence-electron chi connectivity index (χ3n) is 4.09. The van der Waals surface area contributed by atoms with E-state index in [2.05, 4.69) is 22.1 Å². The van der Waals surface area contributed by atoms with Gasteiger partial charge in [0.25, 0.3) is 0 Å². The minimum absolute atomic E-state index is 0.154. The lowest BCUT2D eigenvalue weighted by Crippen LogP contribution is -2.08. The van der Waals surface area contributed by atoms with Gasteiger partial charge in [-0.2, -0.15) is 0 Å². The summed E-state index contributed by atoms with van der Waals surface area (Å²) in [6.07, 6.45) is 1.99. The first-order chi connectivity index (χ1) is 14.0. The predicted octanol–water partition coefficient (Wildman–Crippen LogP) is 5.73. The SMILES string of the molecule is COc1ccc(C#Cc2c(F)ccc(NCCc3cc(Cl)ccc3Cl)c2F)cn1. The number of methoxy groups -OCH3 is 1. The van der Waals surface area contributed by atoms with Gasteiger partial charge in [-0.25, -0.2) is 13.8 Å². The van der Waals surface area contributed by atoms with Crippen molar-refractivity contribution in [3.8, 4) is 17.7 Å². The Morgan fingerprint density at radius 2 is 1.90 bits per heavy atom. The van der Waals surface area contributed by atoms with Gasteiger partial charge in [0.15, 0.2) is 5.82 Å². The first-order valence-electron chi connectivity index (χ1n) is 8.66. The van der Waals surface area contributed by atoms with Gasteiger partial charge in [-0.3, -0.25) is 0 Å². The number of rotatable bonds is 5. The molecule has 7 heteroatoms. The van der Waals surface area contributed by atoms with E-state index in [1.165, 1.54) is 25.4 Å². The van der Waals surface area contributed by atoms with Crippen molar-refractivity contribution in [2.75, 3.05) is 19.0 Å². The molecule has 1 N–H and O–H groups in total. The molecule has 0 saturated carbocycles. The van der Waals surface area contributed by atoms with E-state index in [4.69, 9.17) is 27.9 Å². The van der Waals surface area contributed by atoms with E-state index in [0.29, 0.717) is 34.5 Å². The number of ether oxygens (including phenoxy) is 1. The van der Waals surface area contributed by atoms with Crippen LogP contribution < -0.4 is 10.1 Å². The summed E-state index contributed by atoms with van der Waals surface area (Å²) in [5.41, 5.74) is 1.19. The van der Waals surface area contributed by atoms with Crippen LogP contribution in [0.25, 0.3) is 0 Å². The normalized spacial score (nSPS) is 10.2. The molecular formula is C22H16Cl2F2N2O. The number of nitrogens with one attached hydrogen (secondary N) is 1. The maximum atomic E-state index is 14.7. The smallest absolute Gasteiger partial charge is 0.212 e. The summed E-state index contributed by atoms with van der Waals surface area (Å²) in [6, 6.07) is 11.0. The van der Waals surface area contributed by atoms with Crippen molar-refractivity contribution in [1.29, 1.82) is 0 Å². The molecule has 3 nitrogen and oxygen atoms in total. The maximum absolute atomic E-state index is 14.7. The molecule has 0 saturated heterocycles. The highest BCUT2D eigenvalue weighted by molar-refractivity contribution is 6.33. The lowest BCUT2D eigenvalue weighted by molar-refractivity contribution is 0.398. The van der Waals surface area contributed by atoms with Gasteiger partial charge in [0, 0.05) is 34.4 Å². The molecule has 0 aliphatic rings. The van der Waals surface area contributed by atoms with E-state index in [-0.39, 0.29) is 11.3 Å². The monoisotopic (exact) mass is 432 g/mol. The second-order valence-electron chi connectivity index (χ2n) is 6.04. The van der Waals surface area contributed by atoms with Crippen molar-refractivity contribution in [3.05, 3.63) is 87.0 Å². The van der Waals surface area contributed by atoms with E-state index in [1.54, 1.807) is 30.3 Å². The Labute approximate surface area is 177 Å². The van der Waals surface area contributed by atoms with Gasteiger partial charge >= 0.3 is 0 Å². The topological polar surface area (TPSA) is 34.1 Å². The summed E-state index contributed by atoms with van der Waals surface area (Å²) in [5.74, 6) is 4.19. The minimum atomic E-state index is -0.754. The molecule has 148 valence electrons. The average Bonchev–Trinajstić information content (AvgIpc) is 2.72. The van der Waals surface area contributed by atoms with Crippen LogP contribution in [-0.2, 0) is 6.42 Å². The summed E-state index contributed by atoms with van der Waals surface area (Å²) in [4.78, 5) is 4.01. The van der Waals surface area contributed by atoms with Crippen molar-refractivity contribution in [3.63, 3.8) is 0 Å². The predicted molar refractivity (Wildman–Crippen MR) is 112 cm³/mol. The third kappa shape index (κ3) is 5.38. The molecule has 0 amide bonds. The molecular weight excluding hydrogens is 417 g/mol. The van der Waals surface area contributed by atoms with Crippen molar-refractivity contribution in [2.45, 2.75) is 6.42 Å². The Hall–Kier alpha value is -2.81. The van der Waals surface area contributed by atoms with Gasteiger partial charge in [-0.1, -0.05) is 35.0 Å². The molecule has 0 atom stereocenters. The first kappa shape index (κ1) is 20.9. The van der Waals surface area contributed by atoms with E-state index in [1.807, 2.05) is 0 Å². The first-order valence-corrected chi connectivity index (χ1v) is 9.41. The van der Waals surface area contributed by atoms with E-state index >= 15 is 0 Å². The van der Waals surface area contributed by atoms with Gasteiger partial charge in [0.2, 0.25) is 5.88 Å². The molecule has 0 radical (unpaired) electrons. The Morgan fingerprint density at radius 3 is 2.62 bits per heavy atom.